The van der Waals surface area contributed by atoms with E-state index in [1.165, 1.54) is 18.2 Å². The lowest BCUT2D eigenvalue weighted by atomic mass is 9.84. The van der Waals surface area contributed by atoms with Gasteiger partial charge in [0.25, 0.3) is 0 Å². The second-order valence-corrected chi connectivity index (χ2v) is 10.4. The van der Waals surface area contributed by atoms with Crippen molar-refractivity contribution in [1.82, 2.24) is 0 Å². The Morgan fingerprint density at radius 1 is 0.340 bits per heavy atom. The smallest absolute Gasteiger partial charge is 0.143 e. The predicted molar refractivity (Wildman–Crippen MR) is 198 cm³/mol. The first-order valence-electron chi connectivity index (χ1n) is 25.3. The zero-order valence-corrected chi connectivity index (χ0v) is 24.0. The van der Waals surface area contributed by atoms with Crippen LogP contribution >= 0.6 is 0 Å². The van der Waals surface area contributed by atoms with Gasteiger partial charge in [0.1, 0.15) is 11.3 Å². The fourth-order valence-corrected chi connectivity index (χ4v) is 5.82. The van der Waals surface area contributed by atoms with Gasteiger partial charge in [-0.1, -0.05) is 181 Å². The molecule has 0 atom stereocenters. The summed E-state index contributed by atoms with van der Waals surface area (Å²) >= 11 is 0. The standard InChI is InChI=1S/C46H30O/c1-4-15-31(16-5-1)32-27-29-35(30-28-32)45-44(41-26-14-25-36(46(41)47-45)33-17-6-2-7-18-33)43-39-23-12-10-21-37(39)42(34-19-8-3-9-20-34)38-22-11-13-24-40(38)43/h1-30H/i1D,2D,4D,5D,6D,7D,10D,11D,12D,13D,15D,16D,17D,18D,21D,22D,23D,24D,27D,28D,29D,30D. The highest BCUT2D eigenvalue weighted by molar-refractivity contribution is 6.25. The number of fused-ring (bicyclic) bond motifs is 3. The monoisotopic (exact) mass is 620 g/mol. The first-order chi connectivity index (χ1) is 32.5. The molecule has 1 heteroatoms. The number of furan rings is 1. The summed E-state index contributed by atoms with van der Waals surface area (Å²) in [6, 6.07) is -4.65. The first kappa shape index (κ1) is 12.9. The lowest BCUT2D eigenvalue weighted by molar-refractivity contribution is 0.633. The van der Waals surface area contributed by atoms with Crippen LogP contribution in [0.3, 0.4) is 0 Å². The largest absolute Gasteiger partial charge is 0.455 e. The Hall–Kier alpha value is -6.18. The number of benzene rings is 8. The SMILES string of the molecule is [2H]c1c([2H])c([2H])c(-c2c([2H])c([2H])c(-c3oc4c(-c5c([2H])c([2H])c([2H])c([2H])c5[2H])cccc4c3-c3c4c([2H])c([2H])c([2H])c([2H])c4c(-c4ccccc4)c4c([2H])c([2H])c([2H])c([2H])c34)c([2H])c2[2H])c([2H])c1[2H]. The molecule has 47 heavy (non-hydrogen) atoms. The van der Waals surface area contributed by atoms with Crippen molar-refractivity contribution >= 4 is 32.5 Å². The zero-order valence-electron chi connectivity index (χ0n) is 46.0. The number of hydrogen-bond acceptors (Lipinski definition) is 1. The van der Waals surface area contributed by atoms with Crippen molar-refractivity contribution in [3.8, 4) is 55.8 Å². The first-order valence-corrected chi connectivity index (χ1v) is 14.3. The molecule has 9 rings (SSSR count). The van der Waals surface area contributed by atoms with Crippen LogP contribution in [0.25, 0.3) is 88.3 Å². The molecular weight excluding hydrogens is 569 g/mol. The number of hydrogen-bond donors (Lipinski definition) is 0. The van der Waals surface area contributed by atoms with Gasteiger partial charge in [-0.15, -0.1) is 0 Å². The highest BCUT2D eigenvalue weighted by Crippen LogP contribution is 2.50. The molecule has 0 radical (unpaired) electrons. The molecule has 0 aliphatic rings. The summed E-state index contributed by atoms with van der Waals surface area (Å²) in [6.07, 6.45) is 0. The van der Waals surface area contributed by atoms with Gasteiger partial charge in [0.2, 0.25) is 0 Å². The average molecular weight is 621 g/mol. The number of para-hydroxylation sites is 1. The Bertz CT molecular complexity index is 3640. The summed E-state index contributed by atoms with van der Waals surface area (Å²) < 4.78 is 203. The van der Waals surface area contributed by atoms with E-state index in [9.17, 15) is 11.0 Å². The molecule has 0 aliphatic heterocycles. The summed E-state index contributed by atoms with van der Waals surface area (Å²) in [7, 11) is 0. The molecule has 1 nitrogen and oxygen atoms in total. The summed E-state index contributed by atoms with van der Waals surface area (Å²) in [5.41, 5.74) is -3.27. The lowest BCUT2D eigenvalue weighted by Gasteiger charge is -2.18. The normalized spacial score (nSPS) is 18.0. The molecule has 8 aromatic carbocycles. The lowest BCUT2D eigenvalue weighted by Crippen LogP contribution is -1.91. The summed E-state index contributed by atoms with van der Waals surface area (Å²) in [5.74, 6) is -0.607. The third kappa shape index (κ3) is 4.56. The molecule has 0 saturated carbocycles. The van der Waals surface area contributed by atoms with E-state index in [1.807, 2.05) is 0 Å². The molecule has 1 aromatic heterocycles. The van der Waals surface area contributed by atoms with Crippen molar-refractivity contribution in [2.45, 2.75) is 0 Å². The maximum Gasteiger partial charge on any atom is 0.143 e. The molecule has 9 aromatic rings. The topological polar surface area (TPSA) is 13.1 Å². The van der Waals surface area contributed by atoms with Crippen LogP contribution in [0, 0.1) is 0 Å². The van der Waals surface area contributed by atoms with Crippen molar-refractivity contribution < 1.29 is 34.6 Å². The third-order valence-electron chi connectivity index (χ3n) is 7.77. The second kappa shape index (κ2) is 11.3. The fourth-order valence-electron chi connectivity index (χ4n) is 5.82. The van der Waals surface area contributed by atoms with Gasteiger partial charge in [-0.3, -0.25) is 0 Å². The zero-order chi connectivity index (χ0) is 50.3. The van der Waals surface area contributed by atoms with Gasteiger partial charge in [0, 0.05) is 27.6 Å². The summed E-state index contributed by atoms with van der Waals surface area (Å²) in [6.45, 7) is 0. The minimum absolute atomic E-state index is 0.00950. The molecular formula is C46H30O. The molecule has 0 saturated heterocycles. The Morgan fingerprint density at radius 3 is 1.47 bits per heavy atom. The van der Waals surface area contributed by atoms with Crippen LogP contribution in [0.15, 0.2) is 186 Å². The van der Waals surface area contributed by atoms with Crippen LogP contribution in [0.4, 0.5) is 0 Å². The van der Waals surface area contributed by atoms with E-state index in [0.717, 1.165) is 0 Å². The van der Waals surface area contributed by atoms with Gasteiger partial charge in [0.15, 0.2) is 0 Å². The van der Waals surface area contributed by atoms with Gasteiger partial charge < -0.3 is 4.42 Å². The maximum atomic E-state index is 9.54. The summed E-state index contributed by atoms with van der Waals surface area (Å²) in [5, 5.41) is -1.22. The molecule has 220 valence electrons. The second-order valence-electron chi connectivity index (χ2n) is 10.4. The van der Waals surface area contributed by atoms with Crippen LogP contribution < -0.4 is 0 Å². The van der Waals surface area contributed by atoms with E-state index in [4.69, 9.17) is 23.6 Å². The van der Waals surface area contributed by atoms with Gasteiger partial charge in [-0.2, -0.15) is 0 Å². The van der Waals surface area contributed by atoms with Gasteiger partial charge >= 0.3 is 0 Å². The Balaban J connectivity index is 1.60. The highest BCUT2D eigenvalue weighted by Gasteiger charge is 2.25. The van der Waals surface area contributed by atoms with E-state index in [-0.39, 0.29) is 65.9 Å². The molecule has 0 bridgehead atoms. The average Bonchev–Trinajstić information content (AvgIpc) is 3.72. The predicted octanol–water partition coefficient (Wildman–Crippen LogP) is 13.1. The van der Waals surface area contributed by atoms with Crippen LogP contribution in [0.1, 0.15) is 30.2 Å². The molecule has 0 fully saturated rings. The van der Waals surface area contributed by atoms with Crippen molar-refractivity contribution in [1.29, 1.82) is 0 Å². The molecule has 0 unspecified atom stereocenters. The van der Waals surface area contributed by atoms with Crippen molar-refractivity contribution in [3.05, 3.63) is 181 Å². The molecule has 1 heterocycles. The van der Waals surface area contributed by atoms with E-state index >= 15 is 0 Å². The van der Waals surface area contributed by atoms with Crippen molar-refractivity contribution in [3.63, 3.8) is 0 Å². The van der Waals surface area contributed by atoms with Gasteiger partial charge in [-0.25, -0.2) is 0 Å². The van der Waals surface area contributed by atoms with Crippen molar-refractivity contribution in [2.24, 2.45) is 0 Å². The van der Waals surface area contributed by atoms with Gasteiger partial charge in [-0.05, 0) is 49.4 Å². The van der Waals surface area contributed by atoms with Crippen LogP contribution in [-0.4, -0.2) is 0 Å². The van der Waals surface area contributed by atoms with Crippen LogP contribution in [0.2, 0.25) is 0 Å². The molecule has 0 aliphatic carbocycles. The van der Waals surface area contributed by atoms with E-state index in [2.05, 4.69) is 0 Å². The minimum atomic E-state index is -0.917. The Morgan fingerprint density at radius 2 is 0.851 bits per heavy atom. The van der Waals surface area contributed by atoms with Gasteiger partial charge in [0.05, 0.1) is 30.2 Å². The Labute approximate surface area is 304 Å². The van der Waals surface area contributed by atoms with Crippen LogP contribution in [-0.2, 0) is 0 Å². The van der Waals surface area contributed by atoms with E-state index < -0.39 is 155 Å². The van der Waals surface area contributed by atoms with E-state index in [0.29, 0.717) is 0 Å². The molecule has 0 amide bonds. The summed E-state index contributed by atoms with van der Waals surface area (Å²) in [4.78, 5) is 0. The highest BCUT2D eigenvalue weighted by atomic mass is 16.3. The maximum absolute atomic E-state index is 9.54. The minimum Gasteiger partial charge on any atom is -0.455 e. The van der Waals surface area contributed by atoms with Crippen molar-refractivity contribution in [2.75, 3.05) is 0 Å². The third-order valence-corrected chi connectivity index (χ3v) is 7.77. The van der Waals surface area contributed by atoms with E-state index in [1.54, 1.807) is 30.3 Å². The fraction of sp³-hybridized carbons (Fsp3) is 0. The Kier molecular flexibility index (Phi) is 3.11. The number of rotatable bonds is 5. The van der Waals surface area contributed by atoms with Crippen LogP contribution in [0.5, 0.6) is 0 Å². The molecule has 0 N–H and O–H groups in total. The quantitative estimate of drug-likeness (QED) is 0.174. The molecule has 0 spiro atoms.